The quantitative estimate of drug-likeness (QED) is 0.442. The Morgan fingerprint density at radius 1 is 1.00 bits per heavy atom. The van der Waals surface area contributed by atoms with Gasteiger partial charge in [0.25, 0.3) is 0 Å². The molecule has 0 saturated carbocycles. The van der Waals surface area contributed by atoms with E-state index in [2.05, 4.69) is 23.0 Å². The second kappa shape index (κ2) is 14.6. The molecule has 2 rings (SSSR count). The number of carbonyl (C=O) groups excluding carboxylic acids is 1. The Balaban J connectivity index is -0.000000375. The summed E-state index contributed by atoms with van der Waals surface area (Å²) in [5.41, 5.74) is 12.9. The molecule has 2 aromatic carbocycles. The van der Waals surface area contributed by atoms with E-state index in [1.807, 2.05) is 62.4 Å². The molecule has 1 amide bonds. The maximum Gasteiger partial charge on any atom is 0.230 e. The molecule has 0 bridgehead atoms. The fourth-order valence-corrected chi connectivity index (χ4v) is 1.67. The molecule has 23 heavy (non-hydrogen) atoms. The fourth-order valence-electron chi connectivity index (χ4n) is 1.67. The lowest BCUT2D eigenvalue weighted by molar-refractivity contribution is -0.119. The minimum atomic E-state index is -0.0512. The number of rotatable bonds is 5. The van der Waals surface area contributed by atoms with Crippen molar-refractivity contribution in [3.05, 3.63) is 66.2 Å². The topological polar surface area (TPSA) is 67.2 Å². The van der Waals surface area contributed by atoms with Crippen LogP contribution in [0.3, 0.4) is 0 Å². The van der Waals surface area contributed by atoms with Crippen LogP contribution >= 0.6 is 0 Å². The number of hydrazine groups is 1. The molecule has 0 saturated heterocycles. The van der Waals surface area contributed by atoms with Gasteiger partial charge in [0.15, 0.2) is 0 Å². The van der Waals surface area contributed by atoms with E-state index in [-0.39, 0.29) is 8.76 Å². The summed E-state index contributed by atoms with van der Waals surface area (Å²) in [6, 6.07) is 19.8. The zero-order valence-corrected chi connectivity index (χ0v) is 14.4. The first-order valence-electron chi connectivity index (χ1n) is 8.02. The van der Waals surface area contributed by atoms with Crippen LogP contribution in [-0.2, 0) is 11.2 Å². The van der Waals surface area contributed by atoms with Gasteiger partial charge in [-0.05, 0) is 30.5 Å². The van der Waals surface area contributed by atoms with E-state index in [0.717, 1.165) is 25.1 Å². The average Bonchev–Trinajstić information content (AvgIpc) is 2.58. The predicted octanol–water partition coefficient (Wildman–Crippen LogP) is 4.05. The van der Waals surface area contributed by atoms with Crippen molar-refractivity contribution in [3.8, 4) is 0 Å². The molecule has 0 aromatic heterocycles. The summed E-state index contributed by atoms with van der Waals surface area (Å²) in [6.45, 7) is 6.29. The second-order valence-electron chi connectivity index (χ2n) is 4.61. The van der Waals surface area contributed by atoms with Crippen LogP contribution in [0.15, 0.2) is 60.7 Å². The Kier molecular flexibility index (Phi) is 13.1. The molecule has 4 N–H and O–H groups in total. The highest BCUT2D eigenvalue weighted by atomic mass is 16.2. The summed E-state index contributed by atoms with van der Waals surface area (Å²) < 4.78 is 0. The molecule has 4 heteroatoms. The summed E-state index contributed by atoms with van der Waals surface area (Å²) >= 11 is 0. The SMILES string of the molecule is CC.CC(=O)NNCCCc1ccccc1.Nc1ccccc1.[HH].[HH]. The molecular formula is C19H33N3O. The number of hydrogen-bond acceptors (Lipinski definition) is 3. The summed E-state index contributed by atoms with van der Waals surface area (Å²) in [7, 11) is 0. The first kappa shape index (κ1) is 20.7. The van der Waals surface area contributed by atoms with E-state index in [1.165, 1.54) is 12.5 Å². The Morgan fingerprint density at radius 3 is 1.96 bits per heavy atom. The van der Waals surface area contributed by atoms with Gasteiger partial charge in [-0.2, -0.15) is 0 Å². The van der Waals surface area contributed by atoms with Crippen LogP contribution in [0.4, 0.5) is 5.69 Å². The van der Waals surface area contributed by atoms with Crippen LogP contribution in [0.25, 0.3) is 0 Å². The Morgan fingerprint density at radius 2 is 1.52 bits per heavy atom. The number of nitrogens with two attached hydrogens (primary N) is 1. The van der Waals surface area contributed by atoms with Crippen LogP contribution in [0.1, 0.15) is 35.6 Å². The summed E-state index contributed by atoms with van der Waals surface area (Å²) in [5.74, 6) is -0.0512. The van der Waals surface area contributed by atoms with Crippen LogP contribution in [-0.4, -0.2) is 12.5 Å². The van der Waals surface area contributed by atoms with Crippen molar-refractivity contribution in [2.24, 2.45) is 0 Å². The maximum atomic E-state index is 10.5. The van der Waals surface area contributed by atoms with Gasteiger partial charge in [0.1, 0.15) is 0 Å². The van der Waals surface area contributed by atoms with Crippen LogP contribution in [0.5, 0.6) is 0 Å². The standard InChI is InChI=1S/C11H16N2O.C6H7N.C2H6.2H2/c1-10(14)13-12-9-5-8-11-6-3-2-4-7-11;7-6-4-2-1-3-5-6;1-2;;/h2-4,6-7,12H,5,8-9H2,1H3,(H,13,14);1-5H,7H2;1-2H3;2*1H. The molecule has 0 aliphatic rings. The number of para-hydroxylation sites is 1. The largest absolute Gasteiger partial charge is 0.399 e. The number of carbonyl (C=O) groups is 1. The molecule has 0 aliphatic heterocycles. The first-order chi connectivity index (χ1) is 11.2. The number of benzene rings is 2. The van der Waals surface area contributed by atoms with Crippen molar-refractivity contribution >= 4 is 11.6 Å². The molecule has 0 aliphatic carbocycles. The first-order valence-corrected chi connectivity index (χ1v) is 8.02. The fraction of sp³-hybridized carbons (Fsp3) is 0.316. The molecule has 0 radical (unpaired) electrons. The number of hydrogen-bond donors (Lipinski definition) is 3. The lowest BCUT2D eigenvalue weighted by Crippen LogP contribution is -2.36. The molecule has 2 aromatic rings. The van der Waals surface area contributed by atoms with E-state index in [4.69, 9.17) is 5.73 Å². The van der Waals surface area contributed by atoms with Crippen molar-refractivity contribution in [2.75, 3.05) is 12.3 Å². The summed E-state index contributed by atoms with van der Waals surface area (Å²) in [5, 5.41) is 0. The number of anilines is 1. The highest BCUT2D eigenvalue weighted by molar-refractivity contribution is 5.72. The average molecular weight is 319 g/mol. The van der Waals surface area contributed by atoms with Gasteiger partial charge in [-0.25, -0.2) is 5.43 Å². The van der Waals surface area contributed by atoms with Gasteiger partial charge in [-0.3, -0.25) is 10.2 Å². The minimum absolute atomic E-state index is 0. The molecule has 0 heterocycles. The highest BCUT2D eigenvalue weighted by Gasteiger charge is 1.92. The van der Waals surface area contributed by atoms with E-state index < -0.39 is 0 Å². The van der Waals surface area contributed by atoms with E-state index in [9.17, 15) is 4.79 Å². The van der Waals surface area contributed by atoms with E-state index in [1.54, 1.807) is 0 Å². The number of aryl methyl sites for hydroxylation is 1. The normalized spacial score (nSPS) is 8.83. The summed E-state index contributed by atoms with van der Waals surface area (Å²) in [6.07, 6.45) is 2.05. The third-order valence-electron chi connectivity index (χ3n) is 2.67. The van der Waals surface area contributed by atoms with Gasteiger partial charge in [-0.1, -0.05) is 62.4 Å². The van der Waals surface area contributed by atoms with Crippen molar-refractivity contribution < 1.29 is 7.65 Å². The van der Waals surface area contributed by atoms with Gasteiger partial charge in [0, 0.05) is 22.0 Å². The molecule has 130 valence electrons. The van der Waals surface area contributed by atoms with Gasteiger partial charge < -0.3 is 5.73 Å². The smallest absolute Gasteiger partial charge is 0.230 e. The highest BCUT2D eigenvalue weighted by Crippen LogP contribution is 2.00. The molecule has 0 fully saturated rings. The van der Waals surface area contributed by atoms with E-state index in [0.29, 0.717) is 0 Å². The van der Waals surface area contributed by atoms with E-state index >= 15 is 0 Å². The lowest BCUT2D eigenvalue weighted by atomic mass is 10.1. The van der Waals surface area contributed by atoms with Crippen LogP contribution in [0.2, 0.25) is 0 Å². The van der Waals surface area contributed by atoms with Crippen molar-refractivity contribution in [1.29, 1.82) is 0 Å². The Bertz CT molecular complexity index is 511. The molecular weight excluding hydrogens is 286 g/mol. The zero-order chi connectivity index (χ0) is 17.3. The number of amides is 1. The molecule has 4 nitrogen and oxygen atoms in total. The van der Waals surface area contributed by atoms with Crippen molar-refractivity contribution in [2.45, 2.75) is 33.6 Å². The number of nitrogen functional groups attached to an aromatic ring is 1. The summed E-state index contributed by atoms with van der Waals surface area (Å²) in [4.78, 5) is 10.5. The molecule has 0 spiro atoms. The minimum Gasteiger partial charge on any atom is -0.399 e. The second-order valence-corrected chi connectivity index (χ2v) is 4.61. The Labute approximate surface area is 143 Å². The van der Waals surface area contributed by atoms with Crippen LogP contribution in [0, 0.1) is 0 Å². The van der Waals surface area contributed by atoms with Crippen LogP contribution < -0.4 is 16.6 Å². The predicted molar refractivity (Wildman–Crippen MR) is 103 cm³/mol. The Hall–Kier alpha value is -2.33. The van der Waals surface area contributed by atoms with Gasteiger partial charge in [-0.15, -0.1) is 0 Å². The third-order valence-corrected chi connectivity index (χ3v) is 2.67. The maximum absolute atomic E-state index is 10.5. The molecule has 0 atom stereocenters. The number of nitrogens with one attached hydrogen (secondary N) is 2. The van der Waals surface area contributed by atoms with Gasteiger partial charge >= 0.3 is 0 Å². The van der Waals surface area contributed by atoms with Gasteiger partial charge in [0.05, 0.1) is 0 Å². The monoisotopic (exact) mass is 319 g/mol. The van der Waals surface area contributed by atoms with Gasteiger partial charge in [0.2, 0.25) is 5.91 Å². The molecule has 0 unspecified atom stereocenters. The third kappa shape index (κ3) is 13.1. The zero-order valence-electron chi connectivity index (χ0n) is 14.4. The van der Waals surface area contributed by atoms with Crippen molar-refractivity contribution in [1.82, 2.24) is 10.9 Å². The lowest BCUT2D eigenvalue weighted by Gasteiger charge is -2.04. The van der Waals surface area contributed by atoms with Crippen molar-refractivity contribution in [3.63, 3.8) is 0 Å².